The van der Waals surface area contributed by atoms with Crippen LogP contribution in [0, 0.1) is 5.82 Å². The summed E-state index contributed by atoms with van der Waals surface area (Å²) >= 11 is 5.98. The maximum absolute atomic E-state index is 14.5. The number of nitrogens with one attached hydrogen (secondary N) is 1. The second-order valence-electron chi connectivity index (χ2n) is 5.30. The summed E-state index contributed by atoms with van der Waals surface area (Å²) in [5.41, 5.74) is 1.87. The average Bonchev–Trinajstić information content (AvgIpc) is 2.69. The number of likely N-dealkylation sites (N-methyl/N-ethyl adjacent to an activating group) is 1. The van der Waals surface area contributed by atoms with Gasteiger partial charge in [-0.25, -0.2) is 4.39 Å². The standard InChI is InChI=1S/C14H18ClFN2/c1-2-18-9-14(5-7-17-8-6-14)12-11(18)4-3-10(15)13(12)16/h3-4,17H,2,5-9H2,1H3. The van der Waals surface area contributed by atoms with Crippen LogP contribution in [0.15, 0.2) is 12.1 Å². The monoisotopic (exact) mass is 268 g/mol. The van der Waals surface area contributed by atoms with E-state index >= 15 is 0 Å². The van der Waals surface area contributed by atoms with Crippen molar-refractivity contribution in [2.45, 2.75) is 25.2 Å². The molecule has 0 aromatic heterocycles. The van der Waals surface area contributed by atoms with Gasteiger partial charge in [-0.2, -0.15) is 0 Å². The van der Waals surface area contributed by atoms with E-state index in [1.165, 1.54) is 0 Å². The molecule has 2 aliphatic rings. The molecule has 0 atom stereocenters. The zero-order valence-corrected chi connectivity index (χ0v) is 11.4. The van der Waals surface area contributed by atoms with Gasteiger partial charge in [0.1, 0.15) is 5.82 Å². The van der Waals surface area contributed by atoms with Crippen molar-refractivity contribution in [1.82, 2.24) is 5.32 Å². The van der Waals surface area contributed by atoms with Crippen LogP contribution in [0.5, 0.6) is 0 Å². The molecular weight excluding hydrogens is 251 g/mol. The molecule has 3 rings (SSSR count). The third-order valence-electron chi connectivity index (χ3n) is 4.38. The molecule has 1 aromatic carbocycles. The smallest absolute Gasteiger partial charge is 0.147 e. The summed E-state index contributed by atoms with van der Waals surface area (Å²) in [5, 5.41) is 3.61. The molecule has 1 aromatic rings. The van der Waals surface area contributed by atoms with Crippen LogP contribution in [-0.4, -0.2) is 26.2 Å². The fraction of sp³-hybridized carbons (Fsp3) is 0.571. The van der Waals surface area contributed by atoms with Gasteiger partial charge in [0.25, 0.3) is 0 Å². The molecule has 0 saturated carbocycles. The van der Waals surface area contributed by atoms with Crippen LogP contribution in [0.25, 0.3) is 0 Å². The lowest BCUT2D eigenvalue weighted by Crippen LogP contribution is -2.43. The van der Waals surface area contributed by atoms with Crippen molar-refractivity contribution in [2.24, 2.45) is 0 Å². The Kier molecular flexibility index (Phi) is 2.99. The highest BCUT2D eigenvalue weighted by atomic mass is 35.5. The molecule has 2 aliphatic heterocycles. The predicted octanol–water partition coefficient (Wildman–Crippen LogP) is 2.94. The Morgan fingerprint density at radius 1 is 1.39 bits per heavy atom. The van der Waals surface area contributed by atoms with Crippen molar-refractivity contribution in [3.8, 4) is 0 Å². The van der Waals surface area contributed by atoms with Gasteiger partial charge in [-0.1, -0.05) is 11.6 Å². The van der Waals surface area contributed by atoms with E-state index in [-0.39, 0.29) is 16.3 Å². The molecule has 1 spiro atoms. The molecule has 0 aliphatic carbocycles. The van der Waals surface area contributed by atoms with Gasteiger partial charge in [0, 0.05) is 29.8 Å². The molecule has 1 fully saturated rings. The van der Waals surface area contributed by atoms with Crippen molar-refractivity contribution >= 4 is 17.3 Å². The Labute approximate surface area is 112 Å². The van der Waals surface area contributed by atoms with Gasteiger partial charge < -0.3 is 10.2 Å². The number of hydrogen-bond acceptors (Lipinski definition) is 2. The molecule has 18 heavy (non-hydrogen) atoms. The number of rotatable bonds is 1. The fourth-order valence-electron chi connectivity index (χ4n) is 3.43. The van der Waals surface area contributed by atoms with Gasteiger partial charge in [-0.15, -0.1) is 0 Å². The molecule has 0 unspecified atom stereocenters. The molecule has 98 valence electrons. The van der Waals surface area contributed by atoms with Crippen molar-refractivity contribution in [3.63, 3.8) is 0 Å². The third kappa shape index (κ3) is 1.64. The zero-order chi connectivity index (χ0) is 12.8. The quantitative estimate of drug-likeness (QED) is 0.843. The number of piperidine rings is 1. The summed E-state index contributed by atoms with van der Waals surface area (Å²) in [5.74, 6) is -0.202. The zero-order valence-electron chi connectivity index (χ0n) is 10.6. The lowest BCUT2D eigenvalue weighted by Gasteiger charge is -2.35. The van der Waals surface area contributed by atoms with Crippen LogP contribution in [0.1, 0.15) is 25.3 Å². The summed E-state index contributed by atoms with van der Waals surface area (Å²) in [7, 11) is 0. The molecule has 0 amide bonds. The van der Waals surface area contributed by atoms with Crippen molar-refractivity contribution in [3.05, 3.63) is 28.5 Å². The van der Waals surface area contributed by atoms with Crippen molar-refractivity contribution in [2.75, 3.05) is 31.1 Å². The molecule has 2 nitrogen and oxygen atoms in total. The van der Waals surface area contributed by atoms with Gasteiger partial charge in [0.05, 0.1) is 5.02 Å². The first-order valence-corrected chi connectivity index (χ1v) is 7.00. The highest BCUT2D eigenvalue weighted by molar-refractivity contribution is 6.31. The van der Waals surface area contributed by atoms with Gasteiger partial charge in [0.2, 0.25) is 0 Å². The Morgan fingerprint density at radius 3 is 2.78 bits per heavy atom. The largest absolute Gasteiger partial charge is 0.371 e. The topological polar surface area (TPSA) is 15.3 Å². The van der Waals surface area contributed by atoms with E-state index in [0.29, 0.717) is 0 Å². The highest BCUT2D eigenvalue weighted by Crippen LogP contribution is 2.48. The maximum Gasteiger partial charge on any atom is 0.147 e. The SMILES string of the molecule is CCN1CC2(CCNCC2)c2c1ccc(Cl)c2F. The normalized spacial score (nSPS) is 21.4. The molecule has 0 radical (unpaired) electrons. The number of hydrogen-bond donors (Lipinski definition) is 1. The second-order valence-corrected chi connectivity index (χ2v) is 5.71. The minimum absolute atomic E-state index is 0.0361. The average molecular weight is 269 g/mol. The van der Waals surface area contributed by atoms with E-state index < -0.39 is 0 Å². The third-order valence-corrected chi connectivity index (χ3v) is 4.67. The van der Waals surface area contributed by atoms with Crippen LogP contribution in [0.3, 0.4) is 0 Å². The van der Waals surface area contributed by atoms with Crippen molar-refractivity contribution < 1.29 is 4.39 Å². The Hall–Kier alpha value is -0.800. The van der Waals surface area contributed by atoms with E-state index in [4.69, 9.17) is 11.6 Å². The van der Waals surface area contributed by atoms with Crippen molar-refractivity contribution in [1.29, 1.82) is 0 Å². The Balaban J connectivity index is 2.15. The lowest BCUT2D eigenvalue weighted by atomic mass is 9.74. The number of benzene rings is 1. The molecule has 0 bridgehead atoms. The van der Waals surface area contributed by atoms with E-state index in [9.17, 15) is 4.39 Å². The van der Waals surface area contributed by atoms with Crippen LogP contribution >= 0.6 is 11.6 Å². The first kappa shape index (κ1) is 12.2. The Bertz CT molecular complexity index is 469. The summed E-state index contributed by atoms with van der Waals surface area (Å²) < 4.78 is 14.5. The summed E-state index contributed by atoms with van der Waals surface area (Å²) in [6, 6.07) is 3.65. The van der Waals surface area contributed by atoms with Gasteiger partial charge >= 0.3 is 0 Å². The lowest BCUT2D eigenvalue weighted by molar-refractivity contribution is 0.317. The first-order valence-electron chi connectivity index (χ1n) is 6.62. The molecule has 2 heterocycles. The number of halogens is 2. The van der Waals surface area contributed by atoms with E-state index in [1.54, 1.807) is 6.07 Å². The van der Waals surface area contributed by atoms with Gasteiger partial charge in [-0.3, -0.25) is 0 Å². The summed E-state index contributed by atoms with van der Waals surface area (Å²) in [4.78, 5) is 2.28. The fourth-order valence-corrected chi connectivity index (χ4v) is 3.59. The Morgan fingerprint density at radius 2 is 2.11 bits per heavy atom. The maximum atomic E-state index is 14.5. The molecule has 1 N–H and O–H groups in total. The number of fused-ring (bicyclic) bond motifs is 2. The molecule has 4 heteroatoms. The minimum Gasteiger partial charge on any atom is -0.371 e. The highest BCUT2D eigenvalue weighted by Gasteiger charge is 2.45. The van der Waals surface area contributed by atoms with Crippen LogP contribution in [0.4, 0.5) is 10.1 Å². The molecule has 1 saturated heterocycles. The second kappa shape index (κ2) is 4.39. The van der Waals surface area contributed by atoms with E-state index in [2.05, 4.69) is 17.1 Å². The number of anilines is 1. The summed E-state index contributed by atoms with van der Waals surface area (Å²) in [6.45, 7) is 5.89. The summed E-state index contributed by atoms with van der Waals surface area (Å²) in [6.07, 6.45) is 1.99. The van der Waals surface area contributed by atoms with Crippen LogP contribution < -0.4 is 10.2 Å². The van der Waals surface area contributed by atoms with Gasteiger partial charge in [-0.05, 0) is 45.0 Å². The predicted molar refractivity (Wildman–Crippen MR) is 73.1 cm³/mol. The van der Waals surface area contributed by atoms with Crippen LogP contribution in [-0.2, 0) is 5.41 Å². The minimum atomic E-state index is -0.202. The van der Waals surface area contributed by atoms with E-state index in [0.717, 1.165) is 50.3 Å². The first-order chi connectivity index (χ1) is 8.68. The van der Waals surface area contributed by atoms with E-state index in [1.807, 2.05) is 6.07 Å². The number of nitrogens with zero attached hydrogens (tertiary/aromatic N) is 1. The van der Waals surface area contributed by atoms with Gasteiger partial charge in [0.15, 0.2) is 0 Å². The molecular formula is C14H18ClFN2. The van der Waals surface area contributed by atoms with Crippen LogP contribution in [0.2, 0.25) is 5.02 Å².